The van der Waals surface area contributed by atoms with E-state index in [0.29, 0.717) is 15.3 Å². The molecule has 0 saturated heterocycles. The normalized spacial score (nSPS) is 15.4. The summed E-state index contributed by atoms with van der Waals surface area (Å²) in [5.41, 5.74) is -4.64. The van der Waals surface area contributed by atoms with E-state index in [1.165, 1.54) is 29.3 Å². The number of alkyl halides is 3. The van der Waals surface area contributed by atoms with Crippen molar-refractivity contribution >= 4 is 17.0 Å². The van der Waals surface area contributed by atoms with Crippen LogP contribution in [0.5, 0.6) is 0 Å². The Balaban J connectivity index is 1.81. The van der Waals surface area contributed by atoms with E-state index >= 15 is 4.39 Å². The average molecular weight is 518 g/mol. The van der Waals surface area contributed by atoms with Crippen LogP contribution >= 0.6 is 0 Å². The molecule has 9 nitrogen and oxygen atoms in total. The molecule has 0 unspecified atom stereocenters. The molecule has 13 heteroatoms. The van der Waals surface area contributed by atoms with Crippen molar-refractivity contribution in [1.29, 1.82) is 0 Å². The third-order valence-electron chi connectivity index (χ3n) is 6.81. The summed E-state index contributed by atoms with van der Waals surface area (Å²) in [5, 5.41) is 9.65. The number of imidazole rings is 1. The van der Waals surface area contributed by atoms with Gasteiger partial charge in [0.25, 0.3) is 5.56 Å². The second-order valence-electron chi connectivity index (χ2n) is 8.79. The molecule has 0 bridgehead atoms. The maximum atomic E-state index is 15.2. The Hall–Kier alpha value is -4.42. The molecule has 1 N–H and O–H groups in total. The number of aromatic carboxylic acids is 1. The molecular formula is C24H18F4N4O5. The number of carboxylic acids is 1. The van der Waals surface area contributed by atoms with Gasteiger partial charge in [0.1, 0.15) is 11.4 Å². The second-order valence-corrected chi connectivity index (χ2v) is 8.79. The quantitative estimate of drug-likeness (QED) is 0.420. The molecule has 1 aliphatic rings. The van der Waals surface area contributed by atoms with Crippen molar-refractivity contribution in [2.24, 2.45) is 14.1 Å². The Labute approximate surface area is 204 Å². The summed E-state index contributed by atoms with van der Waals surface area (Å²) in [5.74, 6) is -2.69. The van der Waals surface area contributed by atoms with Crippen LogP contribution in [-0.2, 0) is 26.7 Å². The predicted octanol–water partition coefficient (Wildman–Crippen LogP) is 2.58. The van der Waals surface area contributed by atoms with Gasteiger partial charge in [0.2, 0.25) is 0 Å². The third kappa shape index (κ3) is 3.52. The van der Waals surface area contributed by atoms with Crippen LogP contribution in [0.25, 0.3) is 16.7 Å². The minimum Gasteiger partial charge on any atom is -0.477 e. The van der Waals surface area contributed by atoms with Gasteiger partial charge in [-0.3, -0.25) is 23.1 Å². The van der Waals surface area contributed by atoms with Gasteiger partial charge in [0, 0.05) is 26.4 Å². The van der Waals surface area contributed by atoms with Crippen molar-refractivity contribution in [3.8, 4) is 5.69 Å². The van der Waals surface area contributed by atoms with E-state index in [0.717, 1.165) is 24.3 Å². The summed E-state index contributed by atoms with van der Waals surface area (Å²) in [6.07, 6.45) is -4.17. The topological polar surface area (TPSA) is 108 Å². The van der Waals surface area contributed by atoms with Gasteiger partial charge in [-0.25, -0.2) is 18.8 Å². The van der Waals surface area contributed by atoms with Crippen LogP contribution in [0.15, 0.2) is 50.9 Å². The van der Waals surface area contributed by atoms with Crippen molar-refractivity contribution in [2.45, 2.75) is 25.1 Å². The highest BCUT2D eigenvalue weighted by atomic mass is 19.4. The monoisotopic (exact) mass is 518 g/mol. The minimum atomic E-state index is -4.67. The van der Waals surface area contributed by atoms with Gasteiger partial charge < -0.3 is 5.11 Å². The number of hydrogen-bond donors (Lipinski definition) is 1. The summed E-state index contributed by atoms with van der Waals surface area (Å²) >= 11 is 0. The van der Waals surface area contributed by atoms with Gasteiger partial charge in [-0.15, -0.1) is 0 Å². The molecule has 5 rings (SSSR count). The Morgan fingerprint density at radius 2 is 1.68 bits per heavy atom. The zero-order chi connectivity index (χ0) is 27.0. The fourth-order valence-corrected chi connectivity index (χ4v) is 5.03. The van der Waals surface area contributed by atoms with Crippen LogP contribution in [0.4, 0.5) is 17.6 Å². The Morgan fingerprint density at radius 1 is 1.03 bits per heavy atom. The predicted molar refractivity (Wildman–Crippen MR) is 123 cm³/mol. The van der Waals surface area contributed by atoms with Crippen LogP contribution in [0, 0.1) is 5.82 Å². The van der Waals surface area contributed by atoms with Crippen molar-refractivity contribution in [3.05, 3.63) is 95.9 Å². The molecule has 0 saturated carbocycles. The number of aromatic nitrogens is 4. The molecule has 37 heavy (non-hydrogen) atoms. The molecular weight excluding hydrogens is 500 g/mol. The summed E-state index contributed by atoms with van der Waals surface area (Å²) in [6.45, 7) is 0. The molecule has 2 aromatic heterocycles. The maximum absolute atomic E-state index is 15.2. The standard InChI is InChI=1S/C24H18F4N4O5/c1-29-18-8-15(25)17(9-19(18)30(2)22(29)36)31-10-13(21(34)35)20(33)32(23(31)37)16-7-6-11-12(16)4-3-5-14(11)24(26,27)28/h3-5,8-10,16H,6-7H2,1-2H3,(H,34,35)/t16-/m1/s1. The molecule has 0 amide bonds. The first-order valence-electron chi connectivity index (χ1n) is 11.0. The molecule has 192 valence electrons. The van der Waals surface area contributed by atoms with Crippen LogP contribution in [-0.4, -0.2) is 29.3 Å². The van der Waals surface area contributed by atoms with Crippen molar-refractivity contribution in [3.63, 3.8) is 0 Å². The van der Waals surface area contributed by atoms with Gasteiger partial charge >= 0.3 is 23.5 Å². The van der Waals surface area contributed by atoms with Gasteiger partial charge in [0.15, 0.2) is 0 Å². The van der Waals surface area contributed by atoms with Crippen LogP contribution in [0.3, 0.4) is 0 Å². The molecule has 2 heterocycles. The smallest absolute Gasteiger partial charge is 0.416 e. The molecule has 4 aromatic rings. The molecule has 0 aliphatic heterocycles. The van der Waals surface area contributed by atoms with Crippen LogP contribution in [0.2, 0.25) is 0 Å². The highest BCUT2D eigenvalue weighted by Gasteiger charge is 2.38. The number of aryl methyl sites for hydroxylation is 2. The number of rotatable bonds is 3. The number of carbonyl (C=O) groups is 1. The molecule has 1 aliphatic carbocycles. The van der Waals surface area contributed by atoms with E-state index in [1.807, 2.05) is 0 Å². The van der Waals surface area contributed by atoms with Gasteiger partial charge in [0.05, 0.1) is 28.3 Å². The van der Waals surface area contributed by atoms with E-state index < -0.39 is 57.8 Å². The highest BCUT2D eigenvalue weighted by Crippen LogP contribution is 2.41. The number of halogens is 4. The fraction of sp³-hybridized carbons (Fsp3) is 0.250. The molecule has 0 spiro atoms. The van der Waals surface area contributed by atoms with Crippen LogP contribution < -0.4 is 16.9 Å². The molecule has 2 aromatic carbocycles. The number of carboxylic acid groups (broad SMARTS) is 1. The lowest BCUT2D eigenvalue weighted by Gasteiger charge is -2.19. The second kappa shape index (κ2) is 8.05. The van der Waals surface area contributed by atoms with E-state index in [1.54, 1.807) is 0 Å². The van der Waals surface area contributed by atoms with E-state index in [9.17, 15) is 37.5 Å². The van der Waals surface area contributed by atoms with Crippen LogP contribution in [0.1, 0.15) is 39.5 Å². The van der Waals surface area contributed by atoms with Gasteiger partial charge in [-0.1, -0.05) is 12.1 Å². The third-order valence-corrected chi connectivity index (χ3v) is 6.81. The lowest BCUT2D eigenvalue weighted by atomic mass is 10.0. The molecule has 1 atom stereocenters. The Morgan fingerprint density at radius 3 is 2.30 bits per heavy atom. The maximum Gasteiger partial charge on any atom is 0.416 e. The van der Waals surface area contributed by atoms with Crippen molar-refractivity contribution in [2.75, 3.05) is 0 Å². The van der Waals surface area contributed by atoms with Gasteiger partial charge in [-0.2, -0.15) is 13.2 Å². The summed E-state index contributed by atoms with van der Waals surface area (Å²) in [7, 11) is 2.85. The zero-order valence-corrected chi connectivity index (χ0v) is 19.3. The summed E-state index contributed by atoms with van der Waals surface area (Å²) < 4.78 is 59.4. The fourth-order valence-electron chi connectivity index (χ4n) is 5.03. The average Bonchev–Trinajstić information content (AvgIpc) is 3.33. The number of nitrogens with zero attached hydrogens (tertiary/aromatic N) is 4. The van der Waals surface area contributed by atoms with Gasteiger partial charge in [-0.05, 0) is 36.1 Å². The van der Waals surface area contributed by atoms with E-state index in [4.69, 9.17) is 0 Å². The largest absolute Gasteiger partial charge is 0.477 e. The molecule has 0 fully saturated rings. The number of benzene rings is 2. The number of fused-ring (bicyclic) bond motifs is 2. The number of hydrogen-bond acceptors (Lipinski definition) is 4. The minimum absolute atomic E-state index is 0.0597. The Bertz CT molecular complexity index is 1810. The highest BCUT2D eigenvalue weighted by molar-refractivity contribution is 5.87. The summed E-state index contributed by atoms with van der Waals surface area (Å²) in [6, 6.07) is 4.35. The lowest BCUT2D eigenvalue weighted by Crippen LogP contribution is -2.44. The molecule has 0 radical (unpaired) electrons. The Kier molecular flexibility index (Phi) is 5.28. The SMILES string of the molecule is Cn1c(=O)n(C)c2cc(-n3cc(C(=O)O)c(=O)n([C@@H]4CCc5c4cccc5C(F)(F)F)c3=O)c(F)cc21. The van der Waals surface area contributed by atoms with E-state index in [-0.39, 0.29) is 35.0 Å². The first-order valence-corrected chi connectivity index (χ1v) is 11.0. The van der Waals surface area contributed by atoms with Crippen molar-refractivity contribution in [1.82, 2.24) is 18.3 Å². The zero-order valence-electron chi connectivity index (χ0n) is 19.3. The first kappa shape index (κ1) is 24.3. The van der Waals surface area contributed by atoms with E-state index in [2.05, 4.69) is 0 Å². The first-order chi connectivity index (χ1) is 17.3. The lowest BCUT2D eigenvalue weighted by molar-refractivity contribution is -0.138. The summed E-state index contributed by atoms with van der Waals surface area (Å²) in [4.78, 5) is 50.8. The van der Waals surface area contributed by atoms with Crippen molar-refractivity contribution < 1.29 is 27.5 Å².